The van der Waals surface area contributed by atoms with Crippen LogP contribution in [0, 0.1) is 5.92 Å². The Morgan fingerprint density at radius 1 is 1.30 bits per heavy atom. The van der Waals surface area contributed by atoms with Crippen LogP contribution in [-0.4, -0.2) is 55.6 Å². The van der Waals surface area contributed by atoms with E-state index in [4.69, 9.17) is 0 Å². The largest absolute Gasteiger partial charge is 0.335 e. The standard InChI is InChI=1S/C14H26N4O2/c1-2-18(9-11-4-3-7-15-8-11)10-13(19)17-14(20)16-12-5-6-12/h11-12,15H,2-10H2,1H3,(H2,16,17,19,20). The molecule has 1 atom stereocenters. The van der Waals surface area contributed by atoms with E-state index in [1.807, 2.05) is 6.92 Å². The van der Waals surface area contributed by atoms with Crippen molar-refractivity contribution >= 4 is 11.9 Å². The fraction of sp³-hybridized carbons (Fsp3) is 0.857. The van der Waals surface area contributed by atoms with Crippen molar-refractivity contribution < 1.29 is 9.59 Å². The van der Waals surface area contributed by atoms with Gasteiger partial charge in [-0.2, -0.15) is 0 Å². The molecule has 3 amide bonds. The Kier molecular flexibility index (Phi) is 5.79. The van der Waals surface area contributed by atoms with Crippen molar-refractivity contribution in [2.45, 2.75) is 38.6 Å². The lowest BCUT2D eigenvalue weighted by molar-refractivity contribution is -0.121. The molecule has 20 heavy (non-hydrogen) atoms. The van der Waals surface area contributed by atoms with Crippen molar-refractivity contribution in [1.82, 2.24) is 20.9 Å². The van der Waals surface area contributed by atoms with Crippen molar-refractivity contribution in [3.05, 3.63) is 0 Å². The summed E-state index contributed by atoms with van der Waals surface area (Å²) in [6, 6.07) is -0.0775. The number of carbonyl (C=O) groups excluding carboxylic acids is 2. The van der Waals surface area contributed by atoms with Gasteiger partial charge in [-0.05, 0) is 51.2 Å². The fourth-order valence-corrected chi connectivity index (χ4v) is 2.57. The van der Waals surface area contributed by atoms with Gasteiger partial charge in [-0.1, -0.05) is 6.92 Å². The molecule has 0 spiro atoms. The van der Waals surface area contributed by atoms with Crippen LogP contribution >= 0.6 is 0 Å². The summed E-state index contributed by atoms with van der Waals surface area (Å²) in [5, 5.41) is 8.55. The number of imide groups is 1. The molecule has 1 unspecified atom stereocenters. The highest BCUT2D eigenvalue weighted by molar-refractivity contribution is 5.95. The van der Waals surface area contributed by atoms with E-state index in [1.54, 1.807) is 0 Å². The SMILES string of the molecule is CCN(CC(=O)NC(=O)NC1CC1)CC1CCCNC1. The average molecular weight is 282 g/mol. The molecule has 1 saturated heterocycles. The van der Waals surface area contributed by atoms with E-state index in [9.17, 15) is 9.59 Å². The van der Waals surface area contributed by atoms with Crippen molar-refractivity contribution in [2.75, 3.05) is 32.7 Å². The smallest absolute Gasteiger partial charge is 0.321 e. The van der Waals surface area contributed by atoms with Crippen molar-refractivity contribution in [3.63, 3.8) is 0 Å². The highest BCUT2D eigenvalue weighted by atomic mass is 16.2. The van der Waals surface area contributed by atoms with E-state index in [0.717, 1.165) is 39.0 Å². The van der Waals surface area contributed by atoms with Crippen LogP contribution in [0.1, 0.15) is 32.6 Å². The number of nitrogens with zero attached hydrogens (tertiary/aromatic N) is 1. The van der Waals surface area contributed by atoms with E-state index in [2.05, 4.69) is 20.9 Å². The number of hydrogen-bond acceptors (Lipinski definition) is 4. The Balaban J connectivity index is 1.67. The fourth-order valence-electron chi connectivity index (χ4n) is 2.57. The van der Waals surface area contributed by atoms with Crippen LogP contribution in [0.15, 0.2) is 0 Å². The predicted molar refractivity (Wildman–Crippen MR) is 77.4 cm³/mol. The molecule has 0 bridgehead atoms. The number of hydrogen-bond donors (Lipinski definition) is 3. The number of urea groups is 1. The molecule has 0 radical (unpaired) electrons. The maximum atomic E-state index is 11.8. The second kappa shape index (κ2) is 7.59. The highest BCUT2D eigenvalue weighted by Gasteiger charge is 2.24. The van der Waals surface area contributed by atoms with Crippen molar-refractivity contribution in [3.8, 4) is 0 Å². The third-order valence-electron chi connectivity index (χ3n) is 3.90. The summed E-state index contributed by atoms with van der Waals surface area (Å²) in [6.45, 7) is 6.22. The maximum absolute atomic E-state index is 11.8. The Hall–Kier alpha value is -1.14. The average Bonchev–Trinajstić information content (AvgIpc) is 3.22. The second-order valence-corrected chi connectivity index (χ2v) is 5.84. The second-order valence-electron chi connectivity index (χ2n) is 5.84. The molecule has 1 aliphatic heterocycles. The molecule has 0 aromatic rings. The number of carbonyl (C=O) groups is 2. The summed E-state index contributed by atoms with van der Waals surface area (Å²) < 4.78 is 0. The van der Waals surface area contributed by atoms with Crippen molar-refractivity contribution in [2.24, 2.45) is 5.92 Å². The Bertz CT molecular complexity index is 338. The maximum Gasteiger partial charge on any atom is 0.321 e. The number of amides is 3. The number of rotatable bonds is 6. The van der Waals surface area contributed by atoms with Gasteiger partial charge in [0.15, 0.2) is 0 Å². The Morgan fingerprint density at radius 3 is 2.70 bits per heavy atom. The summed E-state index contributed by atoms with van der Waals surface area (Å²) in [6.07, 6.45) is 4.47. The lowest BCUT2D eigenvalue weighted by Gasteiger charge is -2.28. The van der Waals surface area contributed by atoms with Crippen LogP contribution < -0.4 is 16.0 Å². The number of piperidine rings is 1. The molecule has 6 heteroatoms. The summed E-state index contributed by atoms with van der Waals surface area (Å²) in [7, 11) is 0. The van der Waals surface area contributed by atoms with E-state index < -0.39 is 0 Å². The van der Waals surface area contributed by atoms with Crippen LogP contribution in [0.2, 0.25) is 0 Å². The Morgan fingerprint density at radius 2 is 2.10 bits per heavy atom. The van der Waals surface area contributed by atoms with Crippen LogP contribution in [0.4, 0.5) is 4.79 Å². The molecule has 114 valence electrons. The number of likely N-dealkylation sites (N-methyl/N-ethyl adjacent to an activating group) is 1. The summed E-state index contributed by atoms with van der Waals surface area (Å²) in [5.41, 5.74) is 0. The predicted octanol–water partition coefficient (Wildman–Crippen LogP) is 0.296. The first-order chi connectivity index (χ1) is 9.67. The van der Waals surface area contributed by atoms with Crippen LogP contribution in [-0.2, 0) is 4.79 Å². The molecule has 0 aromatic carbocycles. The van der Waals surface area contributed by atoms with E-state index in [1.165, 1.54) is 12.8 Å². The minimum atomic E-state index is -0.354. The van der Waals surface area contributed by atoms with E-state index in [-0.39, 0.29) is 18.0 Å². The van der Waals surface area contributed by atoms with Gasteiger partial charge in [-0.25, -0.2) is 4.79 Å². The van der Waals surface area contributed by atoms with Gasteiger partial charge >= 0.3 is 6.03 Å². The molecular weight excluding hydrogens is 256 g/mol. The number of nitrogens with one attached hydrogen (secondary N) is 3. The van der Waals surface area contributed by atoms with Gasteiger partial charge in [0.2, 0.25) is 5.91 Å². The molecular formula is C14H26N4O2. The summed E-state index contributed by atoms with van der Waals surface area (Å²) >= 11 is 0. The lowest BCUT2D eigenvalue weighted by Crippen LogP contribution is -2.47. The van der Waals surface area contributed by atoms with Gasteiger partial charge < -0.3 is 10.6 Å². The van der Waals surface area contributed by atoms with E-state index in [0.29, 0.717) is 12.5 Å². The van der Waals surface area contributed by atoms with Crippen LogP contribution in [0.3, 0.4) is 0 Å². The molecule has 2 fully saturated rings. The quantitative estimate of drug-likeness (QED) is 0.655. The third kappa shape index (κ3) is 5.46. The van der Waals surface area contributed by atoms with Gasteiger partial charge in [0.1, 0.15) is 0 Å². The molecule has 0 aromatic heterocycles. The Labute approximate surface area is 120 Å². The van der Waals surface area contributed by atoms with Crippen LogP contribution in [0.5, 0.6) is 0 Å². The molecule has 6 nitrogen and oxygen atoms in total. The monoisotopic (exact) mass is 282 g/mol. The highest BCUT2D eigenvalue weighted by Crippen LogP contribution is 2.18. The zero-order valence-electron chi connectivity index (χ0n) is 12.3. The van der Waals surface area contributed by atoms with Gasteiger partial charge in [-0.15, -0.1) is 0 Å². The van der Waals surface area contributed by atoms with Gasteiger partial charge in [0, 0.05) is 12.6 Å². The van der Waals surface area contributed by atoms with Gasteiger partial charge in [-0.3, -0.25) is 15.0 Å². The zero-order valence-corrected chi connectivity index (χ0v) is 12.3. The van der Waals surface area contributed by atoms with Gasteiger partial charge in [0.05, 0.1) is 6.54 Å². The lowest BCUT2D eigenvalue weighted by atomic mass is 9.99. The van der Waals surface area contributed by atoms with Crippen molar-refractivity contribution in [1.29, 1.82) is 0 Å². The minimum absolute atomic E-state index is 0.214. The molecule has 1 saturated carbocycles. The first-order valence-corrected chi connectivity index (χ1v) is 7.70. The molecule has 2 aliphatic rings. The zero-order chi connectivity index (χ0) is 14.4. The molecule has 2 rings (SSSR count). The summed E-state index contributed by atoms with van der Waals surface area (Å²) in [5.74, 6) is 0.394. The normalized spacial score (nSPS) is 22.6. The first kappa shape index (κ1) is 15.3. The first-order valence-electron chi connectivity index (χ1n) is 7.70. The van der Waals surface area contributed by atoms with Gasteiger partial charge in [0.25, 0.3) is 0 Å². The molecule has 1 aliphatic carbocycles. The third-order valence-corrected chi connectivity index (χ3v) is 3.90. The summed E-state index contributed by atoms with van der Waals surface area (Å²) in [4.78, 5) is 25.4. The topological polar surface area (TPSA) is 73.5 Å². The van der Waals surface area contributed by atoms with Crippen LogP contribution in [0.25, 0.3) is 0 Å². The molecule has 3 N–H and O–H groups in total. The van der Waals surface area contributed by atoms with E-state index >= 15 is 0 Å². The minimum Gasteiger partial charge on any atom is -0.335 e. The molecule has 1 heterocycles.